The first kappa shape index (κ1) is 23.5. The number of nitrogens with one attached hydrogen (secondary N) is 3. The largest absolute Gasteiger partial charge is 0.477 e. The summed E-state index contributed by atoms with van der Waals surface area (Å²) in [5.74, 6) is -0.166. The zero-order chi connectivity index (χ0) is 26.1. The van der Waals surface area contributed by atoms with Crippen LogP contribution in [0.2, 0.25) is 0 Å². The third kappa shape index (κ3) is 4.69. The quantitative estimate of drug-likeness (QED) is 0.228. The van der Waals surface area contributed by atoms with E-state index in [0.717, 1.165) is 16.7 Å². The van der Waals surface area contributed by atoms with Gasteiger partial charge >= 0.3 is 11.7 Å². The number of fused-ring (bicyclic) bond motifs is 1. The van der Waals surface area contributed by atoms with Crippen LogP contribution in [0.3, 0.4) is 0 Å². The first-order valence-corrected chi connectivity index (χ1v) is 11.4. The number of aromatic carboxylic acids is 1. The standard InChI is InChI=1S/C26H23N7O4/c1-14-2-3-19-17(8-14)22(18-12-31-26(37)32-24(18)34)23(25(35)36)33(19)13-16-5-7-29-21(10-16)30-11-15-4-6-28-20(27)9-15/h2-10,12H,11,13H2,1H3,(H2,27,28)(H,29,30)(H,35,36)(H2,31,32,34,37). The Bertz CT molecular complexity index is 1770. The van der Waals surface area contributed by atoms with Gasteiger partial charge in [-0.25, -0.2) is 19.6 Å². The number of nitrogens with zero attached hydrogens (tertiary/aromatic N) is 3. The molecule has 0 aliphatic carbocycles. The van der Waals surface area contributed by atoms with E-state index in [0.29, 0.717) is 29.1 Å². The number of benzene rings is 1. The van der Waals surface area contributed by atoms with Crippen molar-refractivity contribution in [2.75, 3.05) is 11.1 Å². The summed E-state index contributed by atoms with van der Waals surface area (Å²) in [4.78, 5) is 49.8. The lowest BCUT2D eigenvalue weighted by molar-refractivity contribution is 0.0687. The van der Waals surface area contributed by atoms with Gasteiger partial charge in [0.15, 0.2) is 0 Å². The molecule has 5 rings (SSSR count). The van der Waals surface area contributed by atoms with Gasteiger partial charge < -0.3 is 25.7 Å². The van der Waals surface area contributed by atoms with E-state index in [1.807, 2.05) is 37.3 Å². The Morgan fingerprint density at radius 3 is 2.62 bits per heavy atom. The number of H-pyrrole nitrogens is 2. The molecule has 6 N–H and O–H groups in total. The number of rotatable bonds is 7. The summed E-state index contributed by atoms with van der Waals surface area (Å²) in [6.07, 6.45) is 4.52. The summed E-state index contributed by atoms with van der Waals surface area (Å²) in [5, 5.41) is 14.1. The van der Waals surface area contributed by atoms with Crippen molar-refractivity contribution in [2.45, 2.75) is 20.0 Å². The van der Waals surface area contributed by atoms with E-state index < -0.39 is 17.2 Å². The number of nitrogens with two attached hydrogens (primary N) is 1. The van der Waals surface area contributed by atoms with Crippen molar-refractivity contribution < 1.29 is 9.90 Å². The monoisotopic (exact) mass is 497 g/mol. The van der Waals surface area contributed by atoms with Crippen LogP contribution < -0.4 is 22.3 Å². The van der Waals surface area contributed by atoms with Gasteiger partial charge in [0.05, 0.1) is 5.56 Å². The molecule has 0 aliphatic rings. The molecule has 5 aromatic rings. The summed E-state index contributed by atoms with van der Waals surface area (Å²) >= 11 is 0. The van der Waals surface area contributed by atoms with E-state index >= 15 is 0 Å². The average Bonchev–Trinajstić information content (AvgIpc) is 3.16. The normalized spacial score (nSPS) is 11.1. The summed E-state index contributed by atoms with van der Waals surface area (Å²) < 4.78 is 1.65. The van der Waals surface area contributed by atoms with Gasteiger partial charge in [-0.05, 0) is 54.4 Å². The van der Waals surface area contributed by atoms with Crippen LogP contribution in [0.15, 0.2) is 70.6 Å². The number of nitrogen functional groups attached to an aromatic ring is 1. The molecule has 186 valence electrons. The molecule has 4 heterocycles. The molecule has 0 unspecified atom stereocenters. The Balaban J connectivity index is 1.58. The molecule has 37 heavy (non-hydrogen) atoms. The highest BCUT2D eigenvalue weighted by Crippen LogP contribution is 2.34. The number of carbonyl (C=O) groups is 1. The first-order valence-electron chi connectivity index (χ1n) is 11.4. The molecule has 0 fully saturated rings. The molecule has 0 saturated heterocycles. The molecule has 0 amide bonds. The van der Waals surface area contributed by atoms with Gasteiger partial charge in [-0.15, -0.1) is 0 Å². The number of aryl methyl sites for hydroxylation is 1. The number of carboxylic acids is 1. The highest BCUT2D eigenvalue weighted by Gasteiger charge is 2.25. The van der Waals surface area contributed by atoms with Crippen molar-refractivity contribution in [3.05, 3.63) is 104 Å². The van der Waals surface area contributed by atoms with Crippen LogP contribution in [-0.4, -0.2) is 35.6 Å². The second-order valence-corrected chi connectivity index (χ2v) is 8.61. The smallest absolute Gasteiger partial charge is 0.353 e. The second-order valence-electron chi connectivity index (χ2n) is 8.61. The van der Waals surface area contributed by atoms with Crippen LogP contribution in [-0.2, 0) is 13.1 Å². The Labute approximate surface area is 209 Å². The number of anilines is 2. The summed E-state index contributed by atoms with van der Waals surface area (Å²) in [6, 6.07) is 12.8. The van der Waals surface area contributed by atoms with Crippen LogP contribution in [0.5, 0.6) is 0 Å². The van der Waals surface area contributed by atoms with Gasteiger partial charge in [-0.3, -0.25) is 9.78 Å². The molecule has 0 atom stereocenters. The lowest BCUT2D eigenvalue weighted by Crippen LogP contribution is -2.23. The van der Waals surface area contributed by atoms with Crippen molar-refractivity contribution >= 4 is 28.5 Å². The van der Waals surface area contributed by atoms with Gasteiger partial charge in [-0.1, -0.05) is 11.6 Å². The summed E-state index contributed by atoms with van der Waals surface area (Å²) in [5.41, 5.74) is 7.94. The van der Waals surface area contributed by atoms with Crippen molar-refractivity contribution in [1.82, 2.24) is 24.5 Å². The van der Waals surface area contributed by atoms with Crippen molar-refractivity contribution in [2.24, 2.45) is 0 Å². The average molecular weight is 498 g/mol. The predicted molar refractivity (Wildman–Crippen MR) is 140 cm³/mol. The minimum Gasteiger partial charge on any atom is -0.477 e. The van der Waals surface area contributed by atoms with E-state index in [1.54, 1.807) is 29.1 Å². The van der Waals surface area contributed by atoms with Gasteiger partial charge in [0.2, 0.25) is 0 Å². The fourth-order valence-electron chi connectivity index (χ4n) is 4.37. The Morgan fingerprint density at radius 1 is 1.08 bits per heavy atom. The SMILES string of the molecule is Cc1ccc2c(c1)c(-c1c[nH]c(=O)[nH]c1=O)c(C(=O)O)n2Cc1ccnc(NCc2ccnc(N)c2)c1. The molecule has 11 nitrogen and oxygen atoms in total. The Morgan fingerprint density at radius 2 is 1.86 bits per heavy atom. The first-order chi connectivity index (χ1) is 17.8. The molecule has 0 saturated carbocycles. The van der Waals surface area contributed by atoms with E-state index in [2.05, 4.69) is 25.3 Å². The van der Waals surface area contributed by atoms with Crippen LogP contribution in [0.25, 0.3) is 22.0 Å². The Hall–Kier alpha value is -5.19. The van der Waals surface area contributed by atoms with E-state index in [9.17, 15) is 19.5 Å². The fourth-order valence-corrected chi connectivity index (χ4v) is 4.37. The maximum atomic E-state index is 12.7. The molecular weight excluding hydrogens is 474 g/mol. The van der Waals surface area contributed by atoms with Crippen molar-refractivity contribution in [3.8, 4) is 11.1 Å². The van der Waals surface area contributed by atoms with E-state index in [1.165, 1.54) is 6.20 Å². The lowest BCUT2D eigenvalue weighted by Gasteiger charge is -2.11. The number of pyridine rings is 2. The number of carboxylic acid groups (broad SMARTS) is 1. The third-order valence-corrected chi connectivity index (χ3v) is 5.99. The highest BCUT2D eigenvalue weighted by atomic mass is 16.4. The number of aromatic nitrogens is 5. The second kappa shape index (κ2) is 9.46. The molecule has 1 aromatic carbocycles. The van der Waals surface area contributed by atoms with E-state index in [-0.39, 0.29) is 23.4 Å². The minimum absolute atomic E-state index is 0.0586. The lowest BCUT2D eigenvalue weighted by atomic mass is 10.0. The van der Waals surface area contributed by atoms with Gasteiger partial charge in [-0.2, -0.15) is 0 Å². The predicted octanol–water partition coefficient (Wildman–Crippen LogP) is 2.72. The van der Waals surface area contributed by atoms with Gasteiger partial charge in [0, 0.05) is 48.1 Å². The minimum atomic E-state index is -1.20. The zero-order valence-electron chi connectivity index (χ0n) is 19.8. The molecule has 0 bridgehead atoms. The molecular formula is C26H23N7O4. The number of aromatic amines is 2. The fraction of sp³-hybridized carbons (Fsp3) is 0.115. The maximum absolute atomic E-state index is 12.7. The molecule has 11 heteroatoms. The number of hydrogen-bond acceptors (Lipinski definition) is 7. The summed E-state index contributed by atoms with van der Waals surface area (Å²) in [7, 11) is 0. The zero-order valence-corrected chi connectivity index (χ0v) is 19.8. The van der Waals surface area contributed by atoms with Crippen LogP contribution in [0.1, 0.15) is 27.2 Å². The van der Waals surface area contributed by atoms with Crippen molar-refractivity contribution in [3.63, 3.8) is 0 Å². The molecule has 0 aliphatic heterocycles. The third-order valence-electron chi connectivity index (χ3n) is 5.99. The maximum Gasteiger partial charge on any atom is 0.353 e. The van der Waals surface area contributed by atoms with Crippen LogP contribution in [0, 0.1) is 6.92 Å². The number of hydrogen-bond donors (Lipinski definition) is 5. The van der Waals surface area contributed by atoms with Gasteiger partial charge in [0.1, 0.15) is 17.3 Å². The van der Waals surface area contributed by atoms with Crippen LogP contribution >= 0.6 is 0 Å². The van der Waals surface area contributed by atoms with Gasteiger partial charge in [0.25, 0.3) is 5.56 Å². The van der Waals surface area contributed by atoms with Crippen LogP contribution in [0.4, 0.5) is 11.6 Å². The molecule has 0 radical (unpaired) electrons. The highest BCUT2D eigenvalue weighted by molar-refractivity contribution is 6.08. The molecule has 4 aromatic heterocycles. The summed E-state index contributed by atoms with van der Waals surface area (Å²) in [6.45, 7) is 2.57. The molecule has 0 spiro atoms. The van der Waals surface area contributed by atoms with E-state index in [4.69, 9.17) is 5.73 Å². The topological polar surface area (TPSA) is 172 Å². The Kier molecular flexibility index (Phi) is 6.02. The van der Waals surface area contributed by atoms with Crippen molar-refractivity contribution in [1.29, 1.82) is 0 Å².